The first kappa shape index (κ1) is 15.0. The molecule has 4 nitrogen and oxygen atoms in total. The monoisotopic (exact) mass is 291 g/mol. The molecule has 21 heavy (non-hydrogen) atoms. The van der Waals surface area contributed by atoms with Gasteiger partial charge in [0.05, 0.1) is 18.2 Å². The molecule has 1 unspecified atom stereocenters. The van der Waals surface area contributed by atoms with Gasteiger partial charge in [0.25, 0.3) is 0 Å². The predicted molar refractivity (Wildman–Crippen MR) is 79.4 cm³/mol. The summed E-state index contributed by atoms with van der Waals surface area (Å²) < 4.78 is 18.9. The fraction of sp³-hybridized carbons (Fsp3) is 0.250. The van der Waals surface area contributed by atoms with Crippen molar-refractivity contribution >= 4 is 5.69 Å². The minimum atomic E-state index is -0.462. The first-order chi connectivity index (χ1) is 10.0. The van der Waals surface area contributed by atoms with Gasteiger partial charge in [-0.25, -0.2) is 4.39 Å². The topological polar surface area (TPSA) is 61.7 Å². The van der Waals surface area contributed by atoms with Crippen LogP contribution in [0.5, 0.6) is 17.2 Å². The zero-order valence-corrected chi connectivity index (χ0v) is 11.9. The Kier molecular flexibility index (Phi) is 4.52. The summed E-state index contributed by atoms with van der Waals surface area (Å²) in [6.45, 7) is 3.95. The summed E-state index contributed by atoms with van der Waals surface area (Å²) >= 11 is 0. The summed E-state index contributed by atoms with van der Waals surface area (Å²) in [5.41, 5.74) is 0.901. The summed E-state index contributed by atoms with van der Waals surface area (Å²) in [5.74, 6) is -0.292. The molecule has 0 spiro atoms. The van der Waals surface area contributed by atoms with Crippen LogP contribution in [0.2, 0.25) is 0 Å². The van der Waals surface area contributed by atoms with Crippen molar-refractivity contribution < 1.29 is 19.3 Å². The Morgan fingerprint density at radius 2 is 1.86 bits per heavy atom. The van der Waals surface area contributed by atoms with E-state index in [0.717, 1.165) is 0 Å². The maximum Gasteiger partial charge on any atom is 0.167 e. The Balaban J connectivity index is 2.20. The maximum absolute atomic E-state index is 13.8. The molecule has 2 aromatic rings. The summed E-state index contributed by atoms with van der Waals surface area (Å²) in [5, 5.41) is 22.7. The number of rotatable bonds is 5. The predicted octanol–water partition coefficient (Wildman–Crippen LogP) is 3.81. The molecule has 0 amide bonds. The number of phenolic OH excluding ortho intramolecular Hbond substituents is 2. The van der Waals surface area contributed by atoms with Crippen LogP contribution in [0.4, 0.5) is 10.1 Å². The van der Waals surface area contributed by atoms with E-state index in [4.69, 9.17) is 4.74 Å². The van der Waals surface area contributed by atoms with E-state index in [-0.39, 0.29) is 23.3 Å². The Labute approximate surface area is 122 Å². The fourth-order valence-corrected chi connectivity index (χ4v) is 2.17. The van der Waals surface area contributed by atoms with Gasteiger partial charge in [0.2, 0.25) is 0 Å². The maximum atomic E-state index is 13.8. The largest absolute Gasteiger partial charge is 0.507 e. The molecule has 0 saturated carbocycles. The number of hydrogen-bond acceptors (Lipinski definition) is 4. The molecule has 5 heteroatoms. The number of anilines is 1. The van der Waals surface area contributed by atoms with E-state index in [9.17, 15) is 14.6 Å². The Morgan fingerprint density at radius 1 is 1.19 bits per heavy atom. The highest BCUT2D eigenvalue weighted by Crippen LogP contribution is 2.34. The molecule has 2 rings (SSSR count). The summed E-state index contributed by atoms with van der Waals surface area (Å²) in [6.07, 6.45) is 0. The van der Waals surface area contributed by atoms with Crippen LogP contribution < -0.4 is 10.1 Å². The molecule has 3 N–H and O–H groups in total. The summed E-state index contributed by atoms with van der Waals surface area (Å²) in [4.78, 5) is 0. The first-order valence-corrected chi connectivity index (χ1v) is 6.72. The number of hydrogen-bond donors (Lipinski definition) is 3. The molecular weight excluding hydrogens is 273 g/mol. The highest BCUT2D eigenvalue weighted by molar-refractivity contribution is 5.53. The van der Waals surface area contributed by atoms with Crippen LogP contribution in [0, 0.1) is 5.82 Å². The van der Waals surface area contributed by atoms with E-state index in [1.807, 2.05) is 0 Å². The zero-order valence-electron chi connectivity index (χ0n) is 11.9. The van der Waals surface area contributed by atoms with Crippen LogP contribution in [0.25, 0.3) is 0 Å². The van der Waals surface area contributed by atoms with E-state index in [1.165, 1.54) is 18.2 Å². The number of ether oxygens (including phenoxy) is 1. The summed E-state index contributed by atoms with van der Waals surface area (Å²) in [6, 6.07) is 8.69. The second-order valence-corrected chi connectivity index (χ2v) is 4.65. The quantitative estimate of drug-likeness (QED) is 0.784. The second-order valence-electron chi connectivity index (χ2n) is 4.65. The van der Waals surface area contributed by atoms with Crippen molar-refractivity contribution in [3.05, 3.63) is 47.8 Å². The lowest BCUT2D eigenvalue weighted by Crippen LogP contribution is -2.07. The Bertz CT molecular complexity index is 611. The van der Waals surface area contributed by atoms with Crippen LogP contribution in [0.3, 0.4) is 0 Å². The molecule has 0 aliphatic rings. The van der Waals surface area contributed by atoms with E-state index in [1.54, 1.807) is 32.0 Å². The lowest BCUT2D eigenvalue weighted by Gasteiger charge is -2.18. The molecule has 0 aromatic heterocycles. The van der Waals surface area contributed by atoms with Gasteiger partial charge in [0.15, 0.2) is 11.6 Å². The van der Waals surface area contributed by atoms with Crippen LogP contribution >= 0.6 is 0 Å². The molecule has 0 heterocycles. The van der Waals surface area contributed by atoms with Gasteiger partial charge in [-0.2, -0.15) is 0 Å². The number of aromatic hydroxyl groups is 2. The van der Waals surface area contributed by atoms with Gasteiger partial charge in [0.1, 0.15) is 11.5 Å². The Morgan fingerprint density at radius 3 is 2.43 bits per heavy atom. The zero-order chi connectivity index (χ0) is 15.4. The first-order valence-electron chi connectivity index (χ1n) is 6.72. The van der Waals surface area contributed by atoms with Crippen LogP contribution in [-0.2, 0) is 0 Å². The third-order valence-electron chi connectivity index (χ3n) is 3.11. The van der Waals surface area contributed by atoms with Crippen LogP contribution in [0.15, 0.2) is 36.4 Å². The molecule has 1 atom stereocenters. The van der Waals surface area contributed by atoms with Crippen molar-refractivity contribution in [2.75, 3.05) is 11.9 Å². The van der Waals surface area contributed by atoms with Crippen molar-refractivity contribution in [2.24, 2.45) is 0 Å². The second kappa shape index (κ2) is 6.35. The van der Waals surface area contributed by atoms with Crippen molar-refractivity contribution in [2.45, 2.75) is 19.9 Å². The van der Waals surface area contributed by atoms with Crippen molar-refractivity contribution in [3.63, 3.8) is 0 Å². The molecule has 0 bridgehead atoms. The highest BCUT2D eigenvalue weighted by Gasteiger charge is 2.15. The van der Waals surface area contributed by atoms with Gasteiger partial charge in [-0.1, -0.05) is 6.07 Å². The van der Waals surface area contributed by atoms with Crippen molar-refractivity contribution in [1.82, 2.24) is 0 Å². The lowest BCUT2D eigenvalue weighted by molar-refractivity contribution is 0.321. The van der Waals surface area contributed by atoms with Gasteiger partial charge >= 0.3 is 0 Å². The molecule has 112 valence electrons. The number of benzene rings is 2. The fourth-order valence-electron chi connectivity index (χ4n) is 2.17. The summed E-state index contributed by atoms with van der Waals surface area (Å²) in [7, 11) is 0. The van der Waals surface area contributed by atoms with Crippen LogP contribution in [-0.4, -0.2) is 16.8 Å². The minimum Gasteiger partial charge on any atom is -0.507 e. The molecular formula is C16H18FNO3. The van der Waals surface area contributed by atoms with E-state index in [0.29, 0.717) is 17.9 Å². The van der Waals surface area contributed by atoms with E-state index in [2.05, 4.69) is 5.32 Å². The molecule has 0 aliphatic heterocycles. The standard InChI is InChI=1S/C16H18FNO3/c1-3-21-15-8-7-11(9-12(15)17)18-10(2)16-13(19)5-4-6-14(16)20/h4-10,18-20H,3H2,1-2H3. The van der Waals surface area contributed by atoms with Crippen molar-refractivity contribution in [1.29, 1.82) is 0 Å². The molecule has 0 saturated heterocycles. The lowest BCUT2D eigenvalue weighted by atomic mass is 10.1. The van der Waals surface area contributed by atoms with Crippen LogP contribution in [0.1, 0.15) is 25.5 Å². The molecule has 0 radical (unpaired) electrons. The SMILES string of the molecule is CCOc1ccc(NC(C)c2c(O)cccc2O)cc1F. The van der Waals surface area contributed by atoms with Gasteiger partial charge in [-0.3, -0.25) is 0 Å². The van der Waals surface area contributed by atoms with Gasteiger partial charge in [0, 0.05) is 11.8 Å². The molecule has 0 aliphatic carbocycles. The van der Waals surface area contributed by atoms with E-state index >= 15 is 0 Å². The number of nitrogens with one attached hydrogen (secondary N) is 1. The Hall–Kier alpha value is -2.43. The molecule has 0 fully saturated rings. The number of halogens is 1. The van der Waals surface area contributed by atoms with Gasteiger partial charge in [-0.05, 0) is 38.1 Å². The minimum absolute atomic E-state index is 0.0126. The smallest absolute Gasteiger partial charge is 0.167 e. The highest BCUT2D eigenvalue weighted by atomic mass is 19.1. The third-order valence-corrected chi connectivity index (χ3v) is 3.11. The third kappa shape index (κ3) is 3.37. The normalized spacial score (nSPS) is 12.0. The molecule has 2 aromatic carbocycles. The van der Waals surface area contributed by atoms with Gasteiger partial charge in [-0.15, -0.1) is 0 Å². The van der Waals surface area contributed by atoms with Gasteiger partial charge < -0.3 is 20.3 Å². The average Bonchev–Trinajstić information content (AvgIpc) is 2.42. The van der Waals surface area contributed by atoms with E-state index < -0.39 is 5.82 Å². The average molecular weight is 291 g/mol. The number of phenols is 2. The van der Waals surface area contributed by atoms with Crippen molar-refractivity contribution in [3.8, 4) is 17.2 Å².